The second-order valence-corrected chi connectivity index (χ2v) is 36.3. The number of hydrogen-bond acceptors (Lipinski definition) is 0. The molecular weight excluding hydrogens is 1430 g/mol. The van der Waals surface area contributed by atoms with Crippen molar-refractivity contribution in [2.45, 2.75) is 417 Å². The molecule has 0 aliphatic rings. The molecule has 107 heavy (non-hydrogen) atoms. The van der Waals surface area contributed by atoms with Gasteiger partial charge in [-0.2, -0.15) is 92.2 Å². The van der Waals surface area contributed by atoms with Crippen molar-refractivity contribution in [1.82, 2.24) is 0 Å². The van der Waals surface area contributed by atoms with E-state index in [0.29, 0.717) is 83.5 Å². The highest BCUT2D eigenvalue weighted by Crippen LogP contribution is 2.66. The molecule has 0 aromatic rings. The summed E-state index contributed by atoms with van der Waals surface area (Å²) in [7, 11) is 0. The van der Waals surface area contributed by atoms with Crippen LogP contribution in [0.15, 0.2) is 0 Å². The minimum Gasteiger partial charge on any atom is -0.171 e. The largest absolute Gasteiger partial charge is 0.395 e. The van der Waals surface area contributed by atoms with E-state index < -0.39 is 109 Å². The number of hydrogen-bond donors (Lipinski definition) is 0. The molecule has 0 aliphatic carbocycles. The second-order valence-electron chi connectivity index (χ2n) is 36.3. The third kappa shape index (κ3) is 27.9. The van der Waals surface area contributed by atoms with E-state index in [4.69, 9.17) is 0 Å². The first-order valence-corrected chi connectivity index (χ1v) is 40.7. The Morgan fingerprint density at radius 2 is 0.430 bits per heavy atom. The summed E-state index contributed by atoms with van der Waals surface area (Å²) >= 11 is 0. The second kappa shape index (κ2) is 45.7. The molecule has 0 nitrogen and oxygen atoms in total. The normalized spacial score (nSPS) is 16.3. The predicted octanol–water partition coefficient (Wildman–Crippen LogP) is 35.6. The van der Waals surface area contributed by atoms with Crippen LogP contribution in [-0.2, 0) is 0 Å². The molecule has 0 radical (unpaired) electrons. The van der Waals surface area contributed by atoms with Gasteiger partial charge in [-0.3, -0.25) is 0 Å². The molecule has 0 rings (SSSR count). The van der Waals surface area contributed by atoms with Crippen LogP contribution in [0.1, 0.15) is 374 Å². The smallest absolute Gasteiger partial charge is 0.171 e. The molecule has 0 aromatic carbocycles. The zero-order chi connectivity index (χ0) is 88.5. The Labute approximate surface area is 643 Å². The lowest BCUT2D eigenvalue weighted by Gasteiger charge is -2.57. The highest BCUT2D eigenvalue weighted by atomic mass is 19.4. The molecule has 0 saturated carbocycles. The first-order valence-electron chi connectivity index (χ1n) is 40.7. The SMILES string of the molecule is CC(C)C(C(C)C)[C@](C)(C(C)C)C(F)(F)F.CC(C)C(C)(C(C)C)C(F)(F)F.CCC(C)(CC)C(C)(C(F)(F)F)C(C)(CC)CC.CCC(C)(CC)[C@](C)(C(C)C)C(F)(F)F.CCC(CC)C(C)(C(CC)CC)C(F)(F)F.CCC(CC)[C@](C)(C(C)C)C(F)(F)F.CCC[C@@](C)(C(C(C)C)C(C)C)C(F)(F)F. The van der Waals surface area contributed by atoms with Gasteiger partial charge in [-0.05, 0) is 151 Å². The standard InChI is InChI=1S/C15H29F3.3C13H25F3.C12H23F3.C11H21F3.C9H17F3/c1-8-12(5,9-2)14(7,15(16,17)18)13(6,10-3)11-4;1-8(2)11(9(3)4)12(7,10(5)6)13(14,15)16;1-7-8-12(6,13(14,15)16)11(9(2)3)10(4)5;1-6-10(7-2)12(5,13(14,15)16)11(8-3)9-4;1-7-10(5,8-2)11(6,9(3)4)12(13,14)15;1-6-9(7-2)10(5,8(3)4)11(12,13)14;1-6(2)8(5,7(3)4)9(10,11)12/h8-11H2,1-7H3;8-11H,1-7H3;9-11H,7-8H2,1-6H3;10-11H,6-9H2,1-5H3;9H,7-8H2,1-6H3;8-9H,6-7H2,1-5H3;6-7H,1-5H3/t;2*12-;;11-;10-;/m.00.00./s1. The van der Waals surface area contributed by atoms with Crippen molar-refractivity contribution < 1.29 is 92.2 Å². The number of halogens is 21. The molecule has 0 N–H and O–H groups in total. The summed E-state index contributed by atoms with van der Waals surface area (Å²) in [6.45, 7) is 70.7. The van der Waals surface area contributed by atoms with Gasteiger partial charge in [-0.15, -0.1) is 0 Å². The van der Waals surface area contributed by atoms with E-state index in [1.54, 1.807) is 90.0 Å². The van der Waals surface area contributed by atoms with Crippen molar-refractivity contribution in [3.05, 3.63) is 0 Å². The topological polar surface area (TPSA) is 0 Å². The van der Waals surface area contributed by atoms with Gasteiger partial charge in [0.2, 0.25) is 0 Å². The fourth-order valence-corrected chi connectivity index (χ4v) is 18.5. The molecule has 0 aliphatic heterocycles. The maximum Gasteiger partial charge on any atom is 0.395 e. The molecule has 0 saturated heterocycles. The van der Waals surface area contributed by atoms with Gasteiger partial charge in [0, 0.05) is 0 Å². The molecule has 0 fully saturated rings. The van der Waals surface area contributed by atoms with E-state index in [1.165, 1.54) is 48.5 Å². The van der Waals surface area contributed by atoms with Crippen molar-refractivity contribution in [2.24, 2.45) is 137 Å². The molecule has 0 amide bonds. The summed E-state index contributed by atoms with van der Waals surface area (Å²) in [5.74, 6) is -3.20. The monoisotopic (exact) mass is 1600 g/mol. The molecule has 0 spiro atoms. The summed E-state index contributed by atoms with van der Waals surface area (Å²) in [6.07, 6.45) is -21.2. The van der Waals surface area contributed by atoms with Crippen LogP contribution in [0.3, 0.4) is 0 Å². The Kier molecular flexibility index (Phi) is 50.8. The first-order chi connectivity index (χ1) is 47.2. The highest BCUT2D eigenvalue weighted by Gasteiger charge is 2.68. The van der Waals surface area contributed by atoms with E-state index >= 15 is 0 Å². The maximum atomic E-state index is 13.8. The van der Waals surface area contributed by atoms with Gasteiger partial charge < -0.3 is 0 Å². The molecule has 0 aromatic heterocycles. The van der Waals surface area contributed by atoms with Gasteiger partial charge in [0.1, 0.15) is 0 Å². The molecular formula is C86H165F21. The quantitative estimate of drug-likeness (QED) is 0.0607. The minimum absolute atomic E-state index is 0.0361. The first kappa shape index (κ1) is 119. The van der Waals surface area contributed by atoms with Crippen LogP contribution in [0.25, 0.3) is 0 Å². The molecule has 21 heteroatoms. The molecule has 0 unspecified atom stereocenters. The van der Waals surface area contributed by atoms with Crippen molar-refractivity contribution >= 4 is 0 Å². The van der Waals surface area contributed by atoms with Crippen LogP contribution >= 0.6 is 0 Å². The van der Waals surface area contributed by atoms with Gasteiger partial charge in [-0.25, -0.2) is 0 Å². The van der Waals surface area contributed by atoms with Crippen LogP contribution in [0, 0.1) is 137 Å². The molecule has 4 atom stereocenters. The lowest BCUT2D eigenvalue weighted by Crippen LogP contribution is -2.57. The lowest BCUT2D eigenvalue weighted by molar-refractivity contribution is -0.301. The Morgan fingerprint density at radius 3 is 0.523 bits per heavy atom. The van der Waals surface area contributed by atoms with E-state index in [0.717, 1.165) is 0 Å². The average Bonchev–Trinajstić information content (AvgIpc) is 0.720. The lowest BCUT2D eigenvalue weighted by atomic mass is 9.49. The van der Waals surface area contributed by atoms with Gasteiger partial charge in [0.05, 0.1) is 37.9 Å². The fourth-order valence-electron chi connectivity index (χ4n) is 18.5. The zero-order valence-corrected chi connectivity index (χ0v) is 75.4. The highest BCUT2D eigenvalue weighted by molar-refractivity contribution is 5.06. The van der Waals surface area contributed by atoms with Gasteiger partial charge in [-0.1, -0.05) is 322 Å². The van der Waals surface area contributed by atoms with Crippen LogP contribution in [0.4, 0.5) is 92.2 Å². The van der Waals surface area contributed by atoms with Crippen molar-refractivity contribution in [1.29, 1.82) is 0 Å². The van der Waals surface area contributed by atoms with E-state index in [9.17, 15) is 92.2 Å². The van der Waals surface area contributed by atoms with Crippen LogP contribution in [-0.4, -0.2) is 43.2 Å². The summed E-state index contributed by atoms with van der Waals surface area (Å²) in [6, 6.07) is 0. The van der Waals surface area contributed by atoms with Crippen LogP contribution in [0.2, 0.25) is 0 Å². The summed E-state index contributed by atoms with van der Waals surface area (Å²) in [5.41, 5.74) is -13.2. The minimum atomic E-state index is -4.17. The number of rotatable bonds is 31. The van der Waals surface area contributed by atoms with Crippen LogP contribution < -0.4 is 0 Å². The molecule has 0 bridgehead atoms. The van der Waals surface area contributed by atoms with Gasteiger partial charge >= 0.3 is 43.2 Å². The Hall–Kier alpha value is -1.47. The zero-order valence-electron chi connectivity index (χ0n) is 75.4. The Bertz CT molecular complexity index is 2200. The third-order valence-corrected chi connectivity index (χ3v) is 29.1. The van der Waals surface area contributed by atoms with Crippen molar-refractivity contribution in [3.8, 4) is 0 Å². The molecule has 0 heterocycles. The maximum absolute atomic E-state index is 13.8. The molecule has 656 valence electrons. The van der Waals surface area contributed by atoms with Gasteiger partial charge in [0.15, 0.2) is 0 Å². The van der Waals surface area contributed by atoms with E-state index in [1.807, 2.05) is 145 Å². The predicted molar refractivity (Wildman–Crippen MR) is 413 cm³/mol. The Morgan fingerprint density at radius 1 is 0.215 bits per heavy atom. The average molecular weight is 1600 g/mol. The van der Waals surface area contributed by atoms with Gasteiger partial charge in [0.25, 0.3) is 0 Å². The summed E-state index contributed by atoms with van der Waals surface area (Å²) in [5, 5.41) is 0. The Balaban J connectivity index is -0.000000219. The van der Waals surface area contributed by atoms with Crippen LogP contribution in [0.5, 0.6) is 0 Å². The summed E-state index contributed by atoms with van der Waals surface area (Å²) in [4.78, 5) is 0. The summed E-state index contributed by atoms with van der Waals surface area (Å²) < 4.78 is 278. The van der Waals surface area contributed by atoms with E-state index in [2.05, 4.69) is 0 Å². The van der Waals surface area contributed by atoms with Crippen molar-refractivity contribution in [3.63, 3.8) is 0 Å². The third-order valence-electron chi connectivity index (χ3n) is 29.1. The number of alkyl halides is 21. The van der Waals surface area contributed by atoms with Crippen molar-refractivity contribution in [2.75, 3.05) is 0 Å². The van der Waals surface area contributed by atoms with E-state index in [-0.39, 0.29) is 77.4 Å². The fraction of sp³-hybridized carbons (Fsp3) is 1.00.